The van der Waals surface area contributed by atoms with Crippen LogP contribution in [-0.2, 0) is 105 Å². The molecule has 5 unspecified atom stereocenters. The number of sulfonamides is 2. The van der Waals surface area contributed by atoms with E-state index >= 15 is 17.6 Å². The molecule has 5 saturated carbocycles. The Balaban J connectivity index is 0.000000145. The third kappa shape index (κ3) is 25.8. The fourth-order valence-electron chi connectivity index (χ4n) is 17.9. The third-order valence-corrected chi connectivity index (χ3v) is 29.7. The number of aromatic nitrogens is 10. The fourth-order valence-corrected chi connectivity index (χ4v) is 21.0. The van der Waals surface area contributed by atoms with E-state index in [-0.39, 0.29) is 132 Å². The topological polar surface area (TPSA) is 316 Å². The van der Waals surface area contributed by atoms with Crippen LogP contribution in [0.4, 0.5) is 97.8 Å². The average molecular weight is 1960 g/mol. The first-order valence-electron chi connectivity index (χ1n) is 44.9. The number of benzene rings is 3. The minimum atomic E-state index is -4.39. The number of rotatable bonds is 35. The molecule has 2 bridgehead atoms. The van der Waals surface area contributed by atoms with Gasteiger partial charge >= 0.3 is 6.18 Å². The zero-order valence-electron chi connectivity index (χ0n) is 75.3. The molecule has 5 aliphatic carbocycles. The maximum atomic E-state index is 15.6. The minimum absolute atomic E-state index is 0. The van der Waals surface area contributed by atoms with Gasteiger partial charge in [-0.05, 0) is 178 Å². The van der Waals surface area contributed by atoms with Crippen LogP contribution in [0.1, 0.15) is 180 Å². The van der Waals surface area contributed by atoms with Crippen molar-refractivity contribution in [2.45, 2.75) is 224 Å². The van der Waals surface area contributed by atoms with Gasteiger partial charge in [0.15, 0.2) is 46.5 Å². The van der Waals surface area contributed by atoms with Crippen molar-refractivity contribution in [1.82, 2.24) is 62.8 Å². The number of carbonyl (C=O) groups is 1. The van der Waals surface area contributed by atoms with Crippen LogP contribution in [0.2, 0.25) is 0 Å². The van der Waals surface area contributed by atoms with Crippen LogP contribution in [0.25, 0.3) is 0 Å². The van der Waals surface area contributed by atoms with E-state index in [2.05, 4.69) is 70.1 Å². The first-order chi connectivity index (χ1) is 63.9. The highest BCUT2D eigenvalue weighted by Gasteiger charge is 2.59. The highest BCUT2D eigenvalue weighted by molar-refractivity contribution is 7.88. The first-order valence-corrected chi connectivity index (χ1v) is 50.1. The van der Waals surface area contributed by atoms with Crippen LogP contribution < -0.4 is 41.3 Å². The Kier molecular flexibility index (Phi) is 31.0. The lowest BCUT2D eigenvalue weighted by atomic mass is 9.92. The van der Waals surface area contributed by atoms with E-state index in [0.717, 1.165) is 152 Å². The zero-order chi connectivity index (χ0) is 96.4. The number of amides is 1. The van der Waals surface area contributed by atoms with E-state index in [4.69, 9.17) is 5.73 Å². The van der Waals surface area contributed by atoms with Crippen LogP contribution >= 0.6 is 0 Å². The number of nitrogens with one attached hydrogen (secondary N) is 3. The maximum Gasteiger partial charge on any atom is 0.416 e. The van der Waals surface area contributed by atoms with Crippen molar-refractivity contribution in [3.63, 3.8) is 0 Å². The molecule has 4 aliphatic heterocycles. The molecule has 734 valence electrons. The number of carbonyl (C=O) groups excluding carboxylic acids is 1. The normalized spacial score (nSPS) is 20.4. The second-order valence-electron chi connectivity index (χ2n) is 37.0. The Hall–Kier alpha value is -10.6. The summed E-state index contributed by atoms with van der Waals surface area (Å²) in [5, 5.41) is 9.11. The van der Waals surface area contributed by atoms with Crippen molar-refractivity contribution < 1.29 is 82.9 Å². The Morgan fingerprint density at radius 1 is 0.500 bits per heavy atom. The second-order valence-corrected chi connectivity index (χ2v) is 42.2. The number of pyridine rings is 2. The van der Waals surface area contributed by atoms with Crippen molar-refractivity contribution in [3.05, 3.63) is 220 Å². The number of hydrogen-bond donors (Lipinski definition) is 4. The number of nitrogens with zero attached hydrogens (tertiary/aromatic N) is 17. The predicted molar refractivity (Wildman–Crippen MR) is 491 cm³/mol. The molecule has 27 nitrogen and oxygen atoms in total. The average Bonchev–Trinajstić information content (AvgIpc) is 1.56. The van der Waals surface area contributed by atoms with E-state index in [1.54, 1.807) is 46.4 Å². The SMILES string of the molecule is C.CC(F)(F)c1cc(CN(c2ncnc(NCc3ccc(CC(N)=O)cc3)c2F)C2CC2)ccn1.CC(F)(F)c1ccc(CN(c2ncnc(CC3CC34CCN(S(C)(=O)=O)C4)c2F)C2CC2)cc1.CC(F)(F)c1ccc(CN(c2ncnc(NCC3CN(S(C)(=O)=O)C3)c2F)C2CC2)nc1.CS(=O)N1C2CCC1CC(CNc1ncnc(N(Cc3ccc(C(F)(F)F)cc3)C3CC3)c1F)C2. The summed E-state index contributed by atoms with van der Waals surface area (Å²) >= 11 is 0. The van der Waals surface area contributed by atoms with E-state index in [9.17, 15) is 65.4 Å². The Labute approximate surface area is 785 Å². The summed E-state index contributed by atoms with van der Waals surface area (Å²) in [4.78, 5) is 59.3. The smallest absolute Gasteiger partial charge is 0.369 e. The third-order valence-electron chi connectivity index (χ3n) is 26.0. The van der Waals surface area contributed by atoms with Crippen LogP contribution in [0.3, 0.4) is 0 Å². The molecule has 5 N–H and O–H groups in total. The van der Waals surface area contributed by atoms with Gasteiger partial charge in [0.25, 0.3) is 17.8 Å². The van der Waals surface area contributed by atoms with E-state index in [1.807, 2.05) is 21.9 Å². The molecular weight excluding hydrogens is 1850 g/mol. The van der Waals surface area contributed by atoms with Crippen LogP contribution in [0, 0.1) is 46.4 Å². The molecule has 43 heteroatoms. The molecule has 9 fully saturated rings. The predicted octanol–water partition coefficient (Wildman–Crippen LogP) is 16.0. The zero-order valence-corrected chi connectivity index (χ0v) is 77.7. The van der Waals surface area contributed by atoms with Crippen LogP contribution in [0.5, 0.6) is 0 Å². The molecule has 6 aromatic heterocycles. The van der Waals surface area contributed by atoms with Gasteiger partial charge in [-0.3, -0.25) is 14.8 Å². The van der Waals surface area contributed by atoms with Crippen molar-refractivity contribution in [2.75, 3.05) is 93.6 Å². The first kappa shape index (κ1) is 101. The summed E-state index contributed by atoms with van der Waals surface area (Å²) in [5.74, 6) is -10.0. The molecule has 18 rings (SSSR count). The fraction of sp³-hybridized carbons (Fsp3) is 0.516. The molecule has 10 heterocycles. The minimum Gasteiger partial charge on any atom is -0.369 e. The second kappa shape index (κ2) is 41.6. The van der Waals surface area contributed by atoms with Gasteiger partial charge in [-0.2, -0.15) is 35.1 Å². The molecular formula is C93H112F13N21O6S3. The largest absolute Gasteiger partial charge is 0.416 e. The molecule has 9 aromatic rings. The standard InChI is InChI=1S/C24H29F4N5OS.C24H25F3N6O.C24H29F3N4O2S.C20H25F3N6O2S.CH4/c1-35(34)33-19-8-9-20(33)11-16(10-19)12-29-22-21(25)23(31-14-30-22)32(18-6-7-18)13-15-2-4-17(5-3-15)24(26,27)28;1-24(26,27)19-10-17(8-9-29-19)13-33(18-6-7-18)23-21(25)22(31-14-32-23)30-12-16-4-2-15(3-5-16)11-20(28)34;1-23(26,27)17-5-3-16(4-6-17)13-31(19-7-8-19)22-21(25)20(28-15-29-22)11-18-12-24(18)9-10-30(14-24)34(2,32)33;1-20(22,23)14-3-4-15(24-8-14)11-29(16-5-6-16)19-17(21)18(26-12-27-19)25-7-13-9-28(10-13)32(2,30)31;/h2-5,14,16,18-20H,6-13H2,1H3,(H,29,30,31);2-5,8-10,14,18H,6-7,11-13H2,1H3,(H2,28,34)(H,30,31,32);3-6,15,18-19H,7-14H2,1-2H3;3-4,8,12-13,16H,5-7,9-11H2,1-2H3,(H,25,26,27);1H4. The molecule has 9 aliphatic rings. The van der Waals surface area contributed by atoms with E-state index < -0.39 is 89.7 Å². The van der Waals surface area contributed by atoms with Crippen LogP contribution in [-0.4, -0.2) is 184 Å². The highest BCUT2D eigenvalue weighted by atomic mass is 32.2. The van der Waals surface area contributed by atoms with E-state index in [1.165, 1.54) is 88.8 Å². The summed E-state index contributed by atoms with van der Waals surface area (Å²) in [6, 6.07) is 25.2. The number of anilines is 7. The molecule has 3 aromatic carbocycles. The molecule has 0 radical (unpaired) electrons. The number of halogens is 13. The molecule has 4 saturated heterocycles. The van der Waals surface area contributed by atoms with Crippen molar-refractivity contribution >= 4 is 77.7 Å². The lowest BCUT2D eigenvalue weighted by Gasteiger charge is -2.37. The van der Waals surface area contributed by atoms with Gasteiger partial charge in [0, 0.05) is 158 Å². The highest BCUT2D eigenvalue weighted by Crippen LogP contribution is 2.60. The van der Waals surface area contributed by atoms with Gasteiger partial charge in [-0.1, -0.05) is 68.1 Å². The summed E-state index contributed by atoms with van der Waals surface area (Å²) < 4.78 is 245. The van der Waals surface area contributed by atoms with E-state index in [0.29, 0.717) is 99.3 Å². The van der Waals surface area contributed by atoms with Crippen molar-refractivity contribution in [2.24, 2.45) is 28.9 Å². The molecule has 136 heavy (non-hydrogen) atoms. The van der Waals surface area contributed by atoms with Gasteiger partial charge in [0.2, 0.25) is 43.4 Å². The number of nitrogens with two attached hydrogens (primary N) is 1. The molecule has 1 amide bonds. The number of fused-ring (bicyclic) bond motifs is 2. The summed E-state index contributed by atoms with van der Waals surface area (Å²) in [6.45, 7) is 6.65. The Bertz CT molecular complexity index is 5910. The lowest BCUT2D eigenvalue weighted by molar-refractivity contribution is -0.137. The number of piperidine rings is 1. The Morgan fingerprint density at radius 3 is 1.37 bits per heavy atom. The van der Waals surface area contributed by atoms with Gasteiger partial charge < -0.3 is 41.3 Å². The van der Waals surface area contributed by atoms with Crippen LogP contribution in [0.15, 0.2) is 135 Å². The van der Waals surface area contributed by atoms with Gasteiger partial charge in [0.05, 0.1) is 53.4 Å². The molecule has 1 spiro atoms. The maximum absolute atomic E-state index is 15.6. The summed E-state index contributed by atoms with van der Waals surface area (Å²) in [7, 11) is -7.38. The molecule has 5 atom stereocenters. The van der Waals surface area contributed by atoms with Crippen molar-refractivity contribution in [3.8, 4) is 0 Å². The van der Waals surface area contributed by atoms with Crippen molar-refractivity contribution in [1.29, 1.82) is 0 Å². The number of hydrogen-bond acceptors (Lipinski definition) is 23. The Morgan fingerprint density at radius 2 is 0.934 bits per heavy atom. The quantitative estimate of drug-likeness (QED) is 0.0268. The summed E-state index contributed by atoms with van der Waals surface area (Å²) in [5.41, 5.74) is 8.51. The van der Waals surface area contributed by atoms with Gasteiger partial charge in [-0.25, -0.2) is 95.8 Å². The van der Waals surface area contributed by atoms with Gasteiger partial charge in [0.1, 0.15) is 31.0 Å². The van der Waals surface area contributed by atoms with Gasteiger partial charge in [-0.15, -0.1) is 0 Å². The number of alkyl halides is 9. The monoisotopic (exact) mass is 1960 g/mol. The lowest BCUT2D eigenvalue weighted by Crippen LogP contribution is -2.51. The summed E-state index contributed by atoms with van der Waals surface area (Å²) in [6.07, 6.45) is 20.8. The number of primary amides is 1.